The van der Waals surface area contributed by atoms with Crippen LogP contribution in [0.1, 0.15) is 12.0 Å². The average Bonchev–Trinajstić information content (AvgIpc) is 2.99. The number of carbonyl (C=O) groups is 2. The summed E-state index contributed by atoms with van der Waals surface area (Å²) in [6.45, 7) is 1.84. The molecule has 0 radical (unpaired) electrons. The van der Waals surface area contributed by atoms with E-state index in [1.807, 2.05) is 12.1 Å². The molecule has 0 aromatic heterocycles. The summed E-state index contributed by atoms with van der Waals surface area (Å²) in [5.41, 5.74) is 1.56. The number of nitro groups is 1. The lowest BCUT2D eigenvalue weighted by molar-refractivity contribution is -0.385. The Labute approximate surface area is 158 Å². The molecule has 0 saturated carbocycles. The molecule has 0 unspecified atom stereocenters. The van der Waals surface area contributed by atoms with Crippen molar-refractivity contribution in [1.29, 1.82) is 0 Å². The fraction of sp³-hybridized carbons (Fsp3) is 0.222. The molecule has 1 aliphatic rings. The van der Waals surface area contributed by atoms with E-state index in [4.69, 9.17) is 0 Å². The molecule has 1 fully saturated rings. The maximum Gasteiger partial charge on any atom is 0.274 e. The second kappa shape index (κ2) is 7.25. The summed E-state index contributed by atoms with van der Waals surface area (Å²) in [6, 6.07) is 11.8. The van der Waals surface area contributed by atoms with E-state index in [-0.39, 0.29) is 30.5 Å². The minimum atomic E-state index is -0.508. The molecule has 2 aromatic carbocycles. The maximum atomic E-state index is 12.4. The van der Waals surface area contributed by atoms with Crippen LogP contribution in [0.5, 0.6) is 0 Å². The maximum absolute atomic E-state index is 12.4. The van der Waals surface area contributed by atoms with Crippen molar-refractivity contribution in [3.63, 3.8) is 0 Å². The van der Waals surface area contributed by atoms with Crippen LogP contribution in [0.25, 0.3) is 0 Å². The van der Waals surface area contributed by atoms with Crippen molar-refractivity contribution in [2.75, 3.05) is 16.8 Å². The third kappa shape index (κ3) is 3.75. The van der Waals surface area contributed by atoms with Crippen LogP contribution in [-0.4, -0.2) is 23.3 Å². The highest BCUT2D eigenvalue weighted by Gasteiger charge is 2.35. The fourth-order valence-corrected chi connectivity index (χ4v) is 3.14. The van der Waals surface area contributed by atoms with Crippen LogP contribution in [-0.2, 0) is 9.59 Å². The highest BCUT2D eigenvalue weighted by Crippen LogP contribution is 2.30. The third-order valence-electron chi connectivity index (χ3n) is 4.31. The molecule has 1 N–H and O–H groups in total. The van der Waals surface area contributed by atoms with Gasteiger partial charge in [0.2, 0.25) is 11.8 Å². The van der Waals surface area contributed by atoms with Gasteiger partial charge in [-0.05, 0) is 37.3 Å². The first-order valence-electron chi connectivity index (χ1n) is 7.97. The molecule has 2 aromatic rings. The van der Waals surface area contributed by atoms with E-state index in [9.17, 15) is 19.7 Å². The van der Waals surface area contributed by atoms with E-state index < -0.39 is 10.8 Å². The number of nitrogens with zero attached hydrogens (tertiary/aromatic N) is 2. The predicted molar refractivity (Wildman–Crippen MR) is 101 cm³/mol. The Balaban J connectivity index is 1.74. The van der Waals surface area contributed by atoms with Crippen LogP contribution in [0.2, 0.25) is 0 Å². The highest BCUT2D eigenvalue weighted by molar-refractivity contribution is 9.10. The van der Waals surface area contributed by atoms with E-state index in [2.05, 4.69) is 21.2 Å². The molecule has 7 nitrogen and oxygen atoms in total. The van der Waals surface area contributed by atoms with Gasteiger partial charge in [0.05, 0.1) is 16.5 Å². The number of halogens is 1. The second-order valence-electron chi connectivity index (χ2n) is 6.13. The number of hydrogen-bond donors (Lipinski definition) is 1. The number of amides is 2. The summed E-state index contributed by atoms with van der Waals surface area (Å²) in [5, 5.41) is 13.9. The van der Waals surface area contributed by atoms with Crippen molar-refractivity contribution in [3.05, 3.63) is 62.6 Å². The van der Waals surface area contributed by atoms with Crippen molar-refractivity contribution >= 4 is 44.8 Å². The van der Waals surface area contributed by atoms with Gasteiger partial charge in [0.1, 0.15) is 0 Å². The number of rotatable bonds is 4. The molecule has 1 aliphatic heterocycles. The van der Waals surface area contributed by atoms with Crippen LogP contribution < -0.4 is 10.2 Å². The number of carbonyl (C=O) groups excluding carboxylic acids is 2. The van der Waals surface area contributed by atoms with Crippen LogP contribution in [0, 0.1) is 23.0 Å². The molecule has 0 bridgehead atoms. The Morgan fingerprint density at radius 2 is 1.96 bits per heavy atom. The molecule has 3 rings (SSSR count). The number of nitrogens with one attached hydrogen (secondary N) is 1. The molecule has 1 saturated heterocycles. The van der Waals surface area contributed by atoms with Crippen molar-refractivity contribution < 1.29 is 14.5 Å². The molecule has 1 atom stereocenters. The topological polar surface area (TPSA) is 92.6 Å². The quantitative estimate of drug-likeness (QED) is 0.606. The summed E-state index contributed by atoms with van der Waals surface area (Å²) >= 11 is 3.33. The summed E-state index contributed by atoms with van der Waals surface area (Å²) < 4.78 is 0.902. The molecule has 134 valence electrons. The SMILES string of the molecule is Cc1ccc(N2C[C@@H](C(=O)Nc3ccc(Br)cc3)CC2=O)cc1[N+](=O)[O-]. The van der Waals surface area contributed by atoms with Gasteiger partial charge in [-0.1, -0.05) is 22.0 Å². The zero-order valence-electron chi connectivity index (χ0n) is 13.9. The number of benzene rings is 2. The van der Waals surface area contributed by atoms with Crippen molar-refractivity contribution in [3.8, 4) is 0 Å². The Bertz CT molecular complexity index is 883. The molecule has 2 amide bonds. The summed E-state index contributed by atoms with van der Waals surface area (Å²) in [6.07, 6.45) is 0.0734. The molecular weight excluding hydrogens is 402 g/mol. The van der Waals surface area contributed by atoms with Gasteiger partial charge in [0.25, 0.3) is 5.69 Å². The monoisotopic (exact) mass is 417 g/mol. The van der Waals surface area contributed by atoms with Crippen LogP contribution in [0.15, 0.2) is 46.9 Å². The van der Waals surface area contributed by atoms with Gasteiger partial charge in [0, 0.05) is 34.8 Å². The van der Waals surface area contributed by atoms with Crippen molar-refractivity contribution in [2.24, 2.45) is 5.92 Å². The van der Waals surface area contributed by atoms with Crippen molar-refractivity contribution in [1.82, 2.24) is 0 Å². The zero-order valence-corrected chi connectivity index (χ0v) is 15.5. The second-order valence-corrected chi connectivity index (χ2v) is 7.05. The largest absolute Gasteiger partial charge is 0.326 e. The van der Waals surface area contributed by atoms with Crippen LogP contribution in [0.3, 0.4) is 0 Å². The number of anilines is 2. The zero-order chi connectivity index (χ0) is 18.8. The van der Waals surface area contributed by atoms with Gasteiger partial charge in [-0.2, -0.15) is 0 Å². The molecule has 8 heteroatoms. The predicted octanol–water partition coefficient (Wildman–Crippen LogP) is 3.66. The van der Waals surface area contributed by atoms with Gasteiger partial charge in [-0.15, -0.1) is 0 Å². The van der Waals surface area contributed by atoms with Gasteiger partial charge in [-0.25, -0.2) is 0 Å². The first kappa shape index (κ1) is 18.1. The van der Waals surface area contributed by atoms with E-state index in [1.54, 1.807) is 31.2 Å². The number of nitro benzene ring substituents is 1. The lowest BCUT2D eigenvalue weighted by Gasteiger charge is -2.17. The summed E-state index contributed by atoms with van der Waals surface area (Å²) in [7, 11) is 0. The van der Waals surface area contributed by atoms with Gasteiger partial charge >= 0.3 is 0 Å². The van der Waals surface area contributed by atoms with Crippen LogP contribution >= 0.6 is 15.9 Å². The molecule has 0 aliphatic carbocycles. The Morgan fingerprint density at radius 3 is 2.62 bits per heavy atom. The molecule has 26 heavy (non-hydrogen) atoms. The Kier molecular flexibility index (Phi) is 5.03. The average molecular weight is 418 g/mol. The summed E-state index contributed by atoms with van der Waals surface area (Å²) in [4.78, 5) is 36.8. The van der Waals surface area contributed by atoms with E-state index in [1.165, 1.54) is 11.0 Å². The third-order valence-corrected chi connectivity index (χ3v) is 4.84. The Hall–Kier alpha value is -2.74. The summed E-state index contributed by atoms with van der Waals surface area (Å²) in [5.74, 6) is -0.976. The van der Waals surface area contributed by atoms with Gasteiger partial charge < -0.3 is 10.2 Å². The van der Waals surface area contributed by atoms with E-state index >= 15 is 0 Å². The lowest BCUT2D eigenvalue weighted by Crippen LogP contribution is -2.28. The molecule has 0 spiro atoms. The first-order valence-corrected chi connectivity index (χ1v) is 8.76. The standard InChI is InChI=1S/C18H16BrN3O4/c1-11-2-7-15(9-16(11)22(25)26)21-10-12(8-17(21)23)18(24)20-14-5-3-13(19)4-6-14/h2-7,9,12H,8,10H2,1H3,(H,20,24)/t12-/m0/s1. The smallest absolute Gasteiger partial charge is 0.274 e. The minimum absolute atomic E-state index is 0.0435. The lowest BCUT2D eigenvalue weighted by atomic mass is 10.1. The number of aryl methyl sites for hydroxylation is 1. The van der Waals surface area contributed by atoms with Gasteiger partial charge in [-0.3, -0.25) is 19.7 Å². The highest BCUT2D eigenvalue weighted by atomic mass is 79.9. The fourth-order valence-electron chi connectivity index (χ4n) is 2.87. The number of hydrogen-bond acceptors (Lipinski definition) is 4. The van der Waals surface area contributed by atoms with Crippen molar-refractivity contribution in [2.45, 2.75) is 13.3 Å². The minimum Gasteiger partial charge on any atom is -0.326 e. The Morgan fingerprint density at radius 1 is 1.27 bits per heavy atom. The molecular formula is C18H16BrN3O4. The normalized spacial score (nSPS) is 16.6. The molecule has 1 heterocycles. The van der Waals surface area contributed by atoms with E-state index in [0.29, 0.717) is 16.9 Å². The van der Waals surface area contributed by atoms with E-state index in [0.717, 1.165) is 4.47 Å². The van der Waals surface area contributed by atoms with Gasteiger partial charge in [0.15, 0.2) is 0 Å². The van der Waals surface area contributed by atoms with Crippen LogP contribution in [0.4, 0.5) is 17.1 Å². The first-order chi connectivity index (χ1) is 12.3.